The minimum absolute atomic E-state index is 0.0214. The molecule has 0 spiro atoms. The van der Waals surface area contributed by atoms with E-state index >= 15 is 0 Å². The average Bonchev–Trinajstić information content (AvgIpc) is 2.18. The smallest absolute Gasteiger partial charge is 0.269 e. The third-order valence-electron chi connectivity index (χ3n) is 2.24. The molecule has 0 saturated heterocycles. The van der Waals surface area contributed by atoms with Crippen molar-refractivity contribution in [3.05, 3.63) is 52.6 Å². The minimum atomic E-state index is -1.02. The molecular weight excluding hydrogens is 194 g/mol. The Morgan fingerprint density at radius 3 is 2.47 bits per heavy atom. The SMILES string of the molecule is C=CC[C@@](C)(O)c1ccc([N+](=O)[O-])cc1. The van der Waals surface area contributed by atoms with Crippen LogP contribution >= 0.6 is 0 Å². The molecule has 0 aromatic heterocycles. The van der Waals surface area contributed by atoms with Crippen LogP contribution in [0.4, 0.5) is 5.69 Å². The van der Waals surface area contributed by atoms with Gasteiger partial charge in [-0.25, -0.2) is 0 Å². The van der Waals surface area contributed by atoms with E-state index in [4.69, 9.17) is 0 Å². The molecule has 0 aliphatic carbocycles. The predicted molar refractivity (Wildman–Crippen MR) is 57.5 cm³/mol. The fourth-order valence-corrected chi connectivity index (χ4v) is 1.34. The molecule has 4 heteroatoms. The molecule has 1 aromatic carbocycles. The van der Waals surface area contributed by atoms with E-state index in [1.165, 1.54) is 12.1 Å². The summed E-state index contributed by atoms with van der Waals surface area (Å²) >= 11 is 0. The van der Waals surface area contributed by atoms with Gasteiger partial charge in [0.15, 0.2) is 0 Å². The highest BCUT2D eigenvalue weighted by Crippen LogP contribution is 2.26. The first-order chi connectivity index (χ1) is 6.97. The zero-order valence-corrected chi connectivity index (χ0v) is 8.51. The van der Waals surface area contributed by atoms with E-state index in [2.05, 4.69) is 6.58 Å². The van der Waals surface area contributed by atoms with Crippen LogP contribution in [0.1, 0.15) is 18.9 Å². The highest BCUT2D eigenvalue weighted by atomic mass is 16.6. The van der Waals surface area contributed by atoms with Gasteiger partial charge in [-0.1, -0.05) is 6.08 Å². The summed E-state index contributed by atoms with van der Waals surface area (Å²) in [6.45, 7) is 5.20. The summed E-state index contributed by atoms with van der Waals surface area (Å²) < 4.78 is 0. The number of nitrogens with zero attached hydrogens (tertiary/aromatic N) is 1. The highest BCUT2D eigenvalue weighted by molar-refractivity contribution is 5.35. The molecule has 0 unspecified atom stereocenters. The van der Waals surface area contributed by atoms with Gasteiger partial charge in [-0.15, -0.1) is 6.58 Å². The van der Waals surface area contributed by atoms with Gasteiger partial charge in [0.25, 0.3) is 5.69 Å². The molecule has 0 aliphatic rings. The van der Waals surface area contributed by atoms with Crippen molar-refractivity contribution < 1.29 is 10.0 Å². The fraction of sp³-hybridized carbons (Fsp3) is 0.273. The molecule has 0 bridgehead atoms. The summed E-state index contributed by atoms with van der Waals surface area (Å²) in [4.78, 5) is 9.95. The summed E-state index contributed by atoms with van der Waals surface area (Å²) in [5.74, 6) is 0. The first kappa shape index (κ1) is 11.4. The van der Waals surface area contributed by atoms with Crippen molar-refractivity contribution in [3.63, 3.8) is 0 Å². The number of nitro groups is 1. The van der Waals surface area contributed by atoms with Crippen molar-refractivity contribution >= 4 is 5.69 Å². The number of rotatable bonds is 4. The Bertz CT molecular complexity index is 368. The number of nitro benzene ring substituents is 1. The molecule has 0 aliphatic heterocycles. The Morgan fingerprint density at radius 2 is 2.07 bits per heavy atom. The summed E-state index contributed by atoms with van der Waals surface area (Å²) in [5, 5.41) is 20.4. The second-order valence-electron chi connectivity index (χ2n) is 3.57. The summed E-state index contributed by atoms with van der Waals surface area (Å²) in [6, 6.07) is 5.88. The minimum Gasteiger partial charge on any atom is -0.385 e. The van der Waals surface area contributed by atoms with Gasteiger partial charge in [0.05, 0.1) is 10.5 Å². The Balaban J connectivity index is 2.97. The number of hydrogen-bond donors (Lipinski definition) is 1. The maximum absolute atomic E-state index is 10.4. The van der Waals surface area contributed by atoms with E-state index in [1.54, 1.807) is 25.1 Å². The van der Waals surface area contributed by atoms with Crippen molar-refractivity contribution in [2.75, 3.05) is 0 Å². The lowest BCUT2D eigenvalue weighted by atomic mass is 9.92. The van der Waals surface area contributed by atoms with E-state index in [0.717, 1.165) is 0 Å². The van der Waals surface area contributed by atoms with E-state index in [0.29, 0.717) is 12.0 Å². The molecule has 4 nitrogen and oxygen atoms in total. The number of non-ortho nitro benzene ring substituents is 1. The van der Waals surface area contributed by atoms with Crippen LogP contribution in [-0.2, 0) is 5.60 Å². The maximum Gasteiger partial charge on any atom is 0.269 e. The van der Waals surface area contributed by atoms with Crippen LogP contribution < -0.4 is 0 Å². The summed E-state index contributed by atoms with van der Waals surface area (Å²) in [6.07, 6.45) is 2.02. The molecule has 1 atom stereocenters. The first-order valence-corrected chi connectivity index (χ1v) is 4.55. The Morgan fingerprint density at radius 1 is 1.53 bits per heavy atom. The van der Waals surface area contributed by atoms with Gasteiger partial charge < -0.3 is 5.11 Å². The summed E-state index contributed by atoms with van der Waals surface area (Å²) in [7, 11) is 0. The van der Waals surface area contributed by atoms with E-state index in [9.17, 15) is 15.2 Å². The van der Waals surface area contributed by atoms with E-state index < -0.39 is 10.5 Å². The largest absolute Gasteiger partial charge is 0.385 e. The monoisotopic (exact) mass is 207 g/mol. The van der Waals surface area contributed by atoms with Crippen molar-refractivity contribution in [2.45, 2.75) is 18.9 Å². The third kappa shape index (κ3) is 2.63. The van der Waals surface area contributed by atoms with Crippen molar-refractivity contribution in [3.8, 4) is 0 Å². The van der Waals surface area contributed by atoms with Gasteiger partial charge in [0.2, 0.25) is 0 Å². The molecule has 0 fully saturated rings. The van der Waals surface area contributed by atoms with Crippen LogP contribution in [0.25, 0.3) is 0 Å². The molecular formula is C11H13NO3. The zero-order chi connectivity index (χ0) is 11.5. The van der Waals surface area contributed by atoms with Crippen LogP contribution in [0.5, 0.6) is 0 Å². The standard InChI is InChI=1S/C11H13NO3/c1-3-8-11(2,13)9-4-6-10(7-5-9)12(14)15/h3-7,13H,1,8H2,2H3/t11-/m1/s1. The molecule has 80 valence electrons. The maximum atomic E-state index is 10.4. The van der Waals surface area contributed by atoms with E-state index in [1.807, 2.05) is 0 Å². The van der Waals surface area contributed by atoms with Gasteiger partial charge in [0.1, 0.15) is 0 Å². The Labute approximate surface area is 88.0 Å². The normalized spacial score (nSPS) is 14.3. The molecule has 1 aromatic rings. The zero-order valence-electron chi connectivity index (χ0n) is 8.51. The molecule has 1 rings (SSSR count). The van der Waals surface area contributed by atoms with Gasteiger partial charge in [-0.05, 0) is 31.0 Å². The van der Waals surface area contributed by atoms with Crippen LogP contribution in [0.15, 0.2) is 36.9 Å². The van der Waals surface area contributed by atoms with Crippen LogP contribution in [0.2, 0.25) is 0 Å². The van der Waals surface area contributed by atoms with E-state index in [-0.39, 0.29) is 5.69 Å². The lowest BCUT2D eigenvalue weighted by molar-refractivity contribution is -0.384. The fourth-order valence-electron chi connectivity index (χ4n) is 1.34. The predicted octanol–water partition coefficient (Wildman–Crippen LogP) is 2.38. The molecule has 0 heterocycles. The first-order valence-electron chi connectivity index (χ1n) is 4.55. The molecule has 0 radical (unpaired) electrons. The van der Waals surface area contributed by atoms with Crippen molar-refractivity contribution in [1.82, 2.24) is 0 Å². The van der Waals surface area contributed by atoms with Crippen LogP contribution in [0.3, 0.4) is 0 Å². The second kappa shape index (κ2) is 4.23. The molecule has 1 N–H and O–H groups in total. The van der Waals surface area contributed by atoms with Gasteiger partial charge in [0, 0.05) is 12.1 Å². The number of benzene rings is 1. The number of aliphatic hydroxyl groups is 1. The molecule has 0 saturated carbocycles. The topological polar surface area (TPSA) is 63.4 Å². The quantitative estimate of drug-likeness (QED) is 0.468. The van der Waals surface area contributed by atoms with Crippen molar-refractivity contribution in [2.24, 2.45) is 0 Å². The number of hydrogen-bond acceptors (Lipinski definition) is 3. The van der Waals surface area contributed by atoms with Crippen LogP contribution in [-0.4, -0.2) is 10.0 Å². The molecule has 15 heavy (non-hydrogen) atoms. The average molecular weight is 207 g/mol. The highest BCUT2D eigenvalue weighted by Gasteiger charge is 2.21. The Kier molecular flexibility index (Phi) is 3.21. The third-order valence-corrected chi connectivity index (χ3v) is 2.24. The lowest BCUT2D eigenvalue weighted by Crippen LogP contribution is -2.19. The molecule has 0 amide bonds. The second-order valence-corrected chi connectivity index (χ2v) is 3.57. The van der Waals surface area contributed by atoms with Crippen molar-refractivity contribution in [1.29, 1.82) is 0 Å². The van der Waals surface area contributed by atoms with Crippen LogP contribution in [0, 0.1) is 10.1 Å². The summed E-state index contributed by atoms with van der Waals surface area (Å²) in [5.41, 5.74) is -0.349. The van der Waals surface area contributed by atoms with Gasteiger partial charge in [-0.2, -0.15) is 0 Å². The van der Waals surface area contributed by atoms with Gasteiger partial charge in [-0.3, -0.25) is 10.1 Å². The Hall–Kier alpha value is -1.68. The lowest BCUT2D eigenvalue weighted by Gasteiger charge is -2.21. The van der Waals surface area contributed by atoms with Gasteiger partial charge >= 0.3 is 0 Å².